The zero-order valence-electron chi connectivity index (χ0n) is 15.6. The minimum Gasteiger partial charge on any atom is -0.476 e. The van der Waals surface area contributed by atoms with E-state index >= 15 is 0 Å². The van der Waals surface area contributed by atoms with Crippen LogP contribution in [0.1, 0.15) is 24.9 Å². The van der Waals surface area contributed by atoms with Gasteiger partial charge in [0.1, 0.15) is 5.82 Å². The number of carbonyl (C=O) groups excluding carboxylic acids is 1. The van der Waals surface area contributed by atoms with Crippen LogP contribution in [0.2, 0.25) is 0 Å². The largest absolute Gasteiger partial charge is 0.476 e. The van der Waals surface area contributed by atoms with Crippen LogP contribution in [0.15, 0.2) is 42.6 Å². The molecular formula is C20H23N5O3. The molecule has 8 nitrogen and oxygen atoms in total. The van der Waals surface area contributed by atoms with Crippen molar-refractivity contribution in [2.45, 2.75) is 19.4 Å². The van der Waals surface area contributed by atoms with Gasteiger partial charge in [0.15, 0.2) is 0 Å². The van der Waals surface area contributed by atoms with Gasteiger partial charge in [-0.15, -0.1) is 5.10 Å². The van der Waals surface area contributed by atoms with Crippen molar-refractivity contribution >= 4 is 22.8 Å². The SMILES string of the molecule is CC(NC(=O)Nc1cc2[nH]nc(OCC3CCOC3)c2cn1)c1ccccc1. The summed E-state index contributed by atoms with van der Waals surface area (Å²) in [6.45, 7) is 4.02. The minimum atomic E-state index is -0.319. The highest BCUT2D eigenvalue weighted by molar-refractivity contribution is 5.92. The van der Waals surface area contributed by atoms with E-state index in [1.807, 2.05) is 37.3 Å². The molecule has 1 aliphatic heterocycles. The third-order valence-electron chi connectivity index (χ3n) is 4.78. The molecule has 0 saturated carbocycles. The molecule has 3 heterocycles. The fraction of sp³-hybridized carbons (Fsp3) is 0.350. The Hall–Kier alpha value is -3.13. The molecule has 1 aromatic carbocycles. The highest BCUT2D eigenvalue weighted by Gasteiger charge is 2.18. The van der Waals surface area contributed by atoms with Crippen LogP contribution in [-0.2, 0) is 4.74 Å². The zero-order chi connectivity index (χ0) is 19.3. The first-order chi connectivity index (χ1) is 13.7. The van der Waals surface area contributed by atoms with E-state index in [1.54, 1.807) is 12.3 Å². The smallest absolute Gasteiger partial charge is 0.320 e. The first-order valence-electron chi connectivity index (χ1n) is 9.36. The van der Waals surface area contributed by atoms with Crippen LogP contribution in [0, 0.1) is 5.92 Å². The van der Waals surface area contributed by atoms with Crippen LogP contribution in [0.3, 0.4) is 0 Å². The molecule has 3 N–H and O–H groups in total. The molecule has 146 valence electrons. The average Bonchev–Trinajstić information content (AvgIpc) is 3.36. The summed E-state index contributed by atoms with van der Waals surface area (Å²) in [5.74, 6) is 1.35. The summed E-state index contributed by atoms with van der Waals surface area (Å²) in [5, 5.41) is 13.6. The molecule has 0 spiro atoms. The number of hydrogen-bond acceptors (Lipinski definition) is 5. The van der Waals surface area contributed by atoms with E-state index in [0.717, 1.165) is 36.1 Å². The van der Waals surface area contributed by atoms with Crippen molar-refractivity contribution in [2.75, 3.05) is 25.1 Å². The molecule has 8 heteroatoms. The van der Waals surface area contributed by atoms with Crippen molar-refractivity contribution in [1.82, 2.24) is 20.5 Å². The lowest BCUT2D eigenvalue weighted by Crippen LogP contribution is -2.31. The van der Waals surface area contributed by atoms with E-state index in [1.165, 1.54) is 0 Å². The van der Waals surface area contributed by atoms with E-state index in [-0.39, 0.29) is 12.1 Å². The van der Waals surface area contributed by atoms with Gasteiger partial charge in [-0.3, -0.25) is 10.4 Å². The summed E-state index contributed by atoms with van der Waals surface area (Å²) < 4.78 is 11.2. The Morgan fingerprint density at radius 2 is 2.25 bits per heavy atom. The van der Waals surface area contributed by atoms with Gasteiger partial charge in [-0.25, -0.2) is 9.78 Å². The molecule has 2 aromatic heterocycles. The standard InChI is InChI=1S/C20H23N5O3/c1-13(15-5-3-2-4-6-15)22-20(26)23-18-9-17-16(10-21-18)19(25-24-17)28-12-14-7-8-27-11-14/h2-6,9-10,13-14H,7-8,11-12H2,1H3,(H,24,25)(H2,21,22,23,26). The molecule has 0 radical (unpaired) electrons. The molecule has 3 aromatic rings. The highest BCUT2D eigenvalue weighted by atomic mass is 16.5. The van der Waals surface area contributed by atoms with Crippen LogP contribution in [0.4, 0.5) is 10.6 Å². The molecule has 4 rings (SSSR count). The Kier molecular flexibility index (Phi) is 5.38. The van der Waals surface area contributed by atoms with Crippen molar-refractivity contribution in [2.24, 2.45) is 5.92 Å². The molecule has 0 bridgehead atoms. The van der Waals surface area contributed by atoms with Crippen molar-refractivity contribution in [1.29, 1.82) is 0 Å². The fourth-order valence-electron chi connectivity index (χ4n) is 3.15. The number of urea groups is 1. The quantitative estimate of drug-likeness (QED) is 0.608. The van der Waals surface area contributed by atoms with Crippen molar-refractivity contribution in [3.63, 3.8) is 0 Å². The molecule has 2 atom stereocenters. The fourth-order valence-corrected chi connectivity index (χ4v) is 3.15. The summed E-state index contributed by atoms with van der Waals surface area (Å²) in [5.41, 5.74) is 1.78. The number of nitrogens with zero attached hydrogens (tertiary/aromatic N) is 2. The Morgan fingerprint density at radius 3 is 3.04 bits per heavy atom. The molecule has 1 aliphatic rings. The van der Waals surface area contributed by atoms with Gasteiger partial charge in [-0.05, 0) is 18.9 Å². The second-order valence-electron chi connectivity index (χ2n) is 6.92. The minimum absolute atomic E-state index is 0.114. The first-order valence-corrected chi connectivity index (χ1v) is 9.36. The van der Waals surface area contributed by atoms with Crippen LogP contribution < -0.4 is 15.4 Å². The topological polar surface area (TPSA) is 101 Å². The number of amides is 2. The summed E-state index contributed by atoms with van der Waals surface area (Å²) >= 11 is 0. The Balaban J connectivity index is 1.37. The lowest BCUT2D eigenvalue weighted by molar-refractivity contribution is 0.166. The molecule has 2 amide bonds. The van der Waals surface area contributed by atoms with Gasteiger partial charge in [0.2, 0.25) is 5.88 Å². The maximum Gasteiger partial charge on any atom is 0.320 e. The third-order valence-corrected chi connectivity index (χ3v) is 4.78. The highest BCUT2D eigenvalue weighted by Crippen LogP contribution is 2.25. The van der Waals surface area contributed by atoms with E-state index in [0.29, 0.717) is 24.2 Å². The number of aromatic amines is 1. The summed E-state index contributed by atoms with van der Waals surface area (Å²) in [6, 6.07) is 11.1. The van der Waals surface area contributed by atoms with Gasteiger partial charge in [0.05, 0.1) is 30.2 Å². The van der Waals surface area contributed by atoms with E-state index in [2.05, 4.69) is 25.8 Å². The third kappa shape index (κ3) is 4.23. The maximum atomic E-state index is 12.3. The number of aromatic nitrogens is 3. The number of H-pyrrole nitrogens is 1. The number of pyridine rings is 1. The Bertz CT molecular complexity index is 937. The van der Waals surface area contributed by atoms with Crippen LogP contribution in [0.5, 0.6) is 5.88 Å². The summed E-state index contributed by atoms with van der Waals surface area (Å²) in [7, 11) is 0. The number of rotatable bonds is 6. The van der Waals surface area contributed by atoms with Gasteiger partial charge in [0.25, 0.3) is 0 Å². The van der Waals surface area contributed by atoms with Crippen LogP contribution >= 0.6 is 0 Å². The average molecular weight is 381 g/mol. The van der Waals surface area contributed by atoms with Crippen LogP contribution in [-0.4, -0.2) is 41.0 Å². The van der Waals surface area contributed by atoms with Gasteiger partial charge < -0.3 is 14.8 Å². The molecule has 1 saturated heterocycles. The second kappa shape index (κ2) is 8.26. The molecular weight excluding hydrogens is 358 g/mol. The number of hydrogen-bond donors (Lipinski definition) is 3. The van der Waals surface area contributed by atoms with E-state index < -0.39 is 0 Å². The van der Waals surface area contributed by atoms with Crippen molar-refractivity contribution in [3.8, 4) is 5.88 Å². The first kappa shape index (κ1) is 18.2. The van der Waals surface area contributed by atoms with Crippen molar-refractivity contribution < 1.29 is 14.3 Å². The lowest BCUT2D eigenvalue weighted by atomic mass is 10.1. The Labute approximate surface area is 162 Å². The van der Waals surface area contributed by atoms with Gasteiger partial charge in [-0.2, -0.15) is 0 Å². The lowest BCUT2D eigenvalue weighted by Gasteiger charge is -2.14. The zero-order valence-corrected chi connectivity index (χ0v) is 15.6. The molecule has 28 heavy (non-hydrogen) atoms. The monoisotopic (exact) mass is 381 g/mol. The second-order valence-corrected chi connectivity index (χ2v) is 6.92. The van der Waals surface area contributed by atoms with Gasteiger partial charge in [0, 0.05) is 24.8 Å². The van der Waals surface area contributed by atoms with Gasteiger partial charge >= 0.3 is 6.03 Å². The number of ether oxygens (including phenoxy) is 2. The number of carbonyl (C=O) groups is 1. The summed E-state index contributed by atoms with van der Waals surface area (Å²) in [4.78, 5) is 16.6. The maximum absolute atomic E-state index is 12.3. The summed E-state index contributed by atoms with van der Waals surface area (Å²) in [6.07, 6.45) is 2.65. The predicted octanol–water partition coefficient (Wildman–Crippen LogP) is 3.26. The van der Waals surface area contributed by atoms with Crippen molar-refractivity contribution in [3.05, 3.63) is 48.2 Å². The van der Waals surface area contributed by atoms with E-state index in [9.17, 15) is 4.79 Å². The normalized spacial score (nSPS) is 17.4. The number of fused-ring (bicyclic) bond motifs is 1. The molecule has 2 unspecified atom stereocenters. The van der Waals surface area contributed by atoms with Gasteiger partial charge in [-0.1, -0.05) is 30.3 Å². The van der Waals surface area contributed by atoms with Crippen LogP contribution in [0.25, 0.3) is 10.9 Å². The molecule has 1 fully saturated rings. The number of anilines is 1. The number of nitrogens with one attached hydrogen (secondary N) is 3. The van der Waals surface area contributed by atoms with E-state index in [4.69, 9.17) is 9.47 Å². The molecule has 0 aliphatic carbocycles. The number of benzene rings is 1. The Morgan fingerprint density at radius 1 is 1.39 bits per heavy atom. The predicted molar refractivity (Wildman–Crippen MR) is 105 cm³/mol.